The summed E-state index contributed by atoms with van der Waals surface area (Å²) in [4.78, 5) is 33.6. The molecule has 160 valence electrons. The molecule has 0 spiro atoms. The highest BCUT2D eigenvalue weighted by molar-refractivity contribution is 7.15. The van der Waals surface area contributed by atoms with Crippen LogP contribution in [-0.4, -0.2) is 35.3 Å². The quantitative estimate of drug-likeness (QED) is 0.582. The zero-order valence-electron chi connectivity index (χ0n) is 17.1. The minimum atomic E-state index is -0.495. The number of nitrogens with zero attached hydrogens (tertiary/aromatic N) is 2. The van der Waals surface area contributed by atoms with Crippen molar-refractivity contribution in [3.8, 4) is 0 Å². The average Bonchev–Trinajstić information content (AvgIpc) is 3.15. The first-order valence-corrected chi connectivity index (χ1v) is 11.3. The Morgan fingerprint density at radius 2 is 1.90 bits per heavy atom. The van der Waals surface area contributed by atoms with Gasteiger partial charge in [0.1, 0.15) is 0 Å². The molecule has 0 aliphatic carbocycles. The maximum atomic E-state index is 12.8. The third-order valence-corrected chi connectivity index (χ3v) is 6.51. The first kappa shape index (κ1) is 21.5. The van der Waals surface area contributed by atoms with Gasteiger partial charge in [0.25, 0.3) is 5.91 Å². The van der Waals surface area contributed by atoms with E-state index in [-0.39, 0.29) is 18.2 Å². The summed E-state index contributed by atoms with van der Waals surface area (Å²) in [5.74, 6) is -0.521. The minimum absolute atomic E-state index is 0.0877. The molecule has 2 aromatic carbocycles. The molecule has 0 radical (unpaired) electrons. The highest BCUT2D eigenvalue weighted by Crippen LogP contribution is 2.28. The number of fused-ring (bicyclic) bond motifs is 1. The number of amides is 2. The molecule has 1 aliphatic heterocycles. The predicted octanol–water partition coefficient (Wildman–Crippen LogP) is 4.28. The zero-order valence-corrected chi connectivity index (χ0v) is 18.7. The van der Waals surface area contributed by atoms with Crippen LogP contribution in [0.5, 0.6) is 0 Å². The Bertz CT molecular complexity index is 1090. The molecule has 4 rings (SSSR count). The summed E-state index contributed by atoms with van der Waals surface area (Å²) < 4.78 is 0. The van der Waals surface area contributed by atoms with Crippen molar-refractivity contribution in [1.82, 2.24) is 15.2 Å². The molecule has 8 heteroatoms. The number of nitrogens with one attached hydrogen (secondary N) is 2. The summed E-state index contributed by atoms with van der Waals surface area (Å²) in [7, 11) is 2.08. The smallest absolute Gasteiger partial charge is 0.253 e. The van der Waals surface area contributed by atoms with Crippen LogP contribution < -0.4 is 10.6 Å². The summed E-state index contributed by atoms with van der Waals surface area (Å²) in [6, 6.07) is 15.8. The van der Waals surface area contributed by atoms with Crippen LogP contribution >= 0.6 is 22.9 Å². The molecule has 0 bridgehead atoms. The molecule has 1 aromatic heterocycles. The lowest BCUT2D eigenvalue weighted by molar-refractivity contribution is -0.116. The van der Waals surface area contributed by atoms with E-state index in [4.69, 9.17) is 11.6 Å². The van der Waals surface area contributed by atoms with Crippen molar-refractivity contribution in [2.75, 3.05) is 18.9 Å². The van der Waals surface area contributed by atoms with Crippen molar-refractivity contribution in [2.24, 2.45) is 0 Å². The molecule has 31 heavy (non-hydrogen) atoms. The largest absolute Gasteiger partial charge is 0.345 e. The van der Waals surface area contributed by atoms with Crippen LogP contribution in [0.2, 0.25) is 5.02 Å². The Balaban J connectivity index is 1.48. The summed E-state index contributed by atoms with van der Waals surface area (Å²) in [6.45, 7) is 1.82. The number of carbonyl (C=O) groups is 2. The number of carbonyl (C=O) groups excluding carboxylic acids is 2. The van der Waals surface area contributed by atoms with E-state index in [2.05, 4.69) is 27.6 Å². The van der Waals surface area contributed by atoms with Gasteiger partial charge in [-0.3, -0.25) is 9.59 Å². The van der Waals surface area contributed by atoms with Crippen LogP contribution in [-0.2, 0) is 17.8 Å². The lowest BCUT2D eigenvalue weighted by atomic mass is 10.0. The second-order valence-electron chi connectivity index (χ2n) is 7.55. The summed E-state index contributed by atoms with van der Waals surface area (Å²) in [5, 5.41) is 6.84. The number of likely N-dealkylation sites (N-methyl/N-ethyl adjacent to an activating group) is 1. The maximum absolute atomic E-state index is 12.8. The summed E-state index contributed by atoms with van der Waals surface area (Å²) >= 11 is 7.68. The zero-order chi connectivity index (χ0) is 21.8. The van der Waals surface area contributed by atoms with E-state index in [1.807, 2.05) is 30.3 Å². The van der Waals surface area contributed by atoms with Crippen molar-refractivity contribution in [3.63, 3.8) is 0 Å². The first-order valence-electron chi connectivity index (χ1n) is 10.1. The molecule has 3 aromatic rings. The monoisotopic (exact) mass is 454 g/mol. The molecule has 1 aliphatic rings. The van der Waals surface area contributed by atoms with Gasteiger partial charge in [-0.05, 0) is 24.7 Å². The van der Waals surface area contributed by atoms with E-state index in [1.165, 1.54) is 16.2 Å². The van der Waals surface area contributed by atoms with Gasteiger partial charge < -0.3 is 15.5 Å². The van der Waals surface area contributed by atoms with E-state index in [0.717, 1.165) is 30.8 Å². The SMILES string of the molecule is CN1CCc2nc(NC(=O)C[C@H](NC(=O)c3ccccc3Cl)c3ccccc3)sc2C1. The van der Waals surface area contributed by atoms with Crippen LogP contribution in [0.15, 0.2) is 54.6 Å². The Hall–Kier alpha value is -2.74. The van der Waals surface area contributed by atoms with Crippen LogP contribution in [0.25, 0.3) is 0 Å². The van der Waals surface area contributed by atoms with Crippen LogP contribution in [0, 0.1) is 0 Å². The van der Waals surface area contributed by atoms with Crippen molar-refractivity contribution in [1.29, 1.82) is 0 Å². The number of hydrogen-bond donors (Lipinski definition) is 2. The number of hydrogen-bond acceptors (Lipinski definition) is 5. The van der Waals surface area contributed by atoms with Gasteiger partial charge in [-0.15, -0.1) is 11.3 Å². The fourth-order valence-corrected chi connectivity index (χ4v) is 4.88. The van der Waals surface area contributed by atoms with Crippen molar-refractivity contribution in [3.05, 3.63) is 81.3 Å². The van der Waals surface area contributed by atoms with Gasteiger partial charge in [0.15, 0.2) is 5.13 Å². The van der Waals surface area contributed by atoms with Crippen LogP contribution in [0.4, 0.5) is 5.13 Å². The van der Waals surface area contributed by atoms with Gasteiger partial charge in [-0.25, -0.2) is 4.98 Å². The van der Waals surface area contributed by atoms with Crippen molar-refractivity contribution in [2.45, 2.75) is 25.4 Å². The molecule has 2 N–H and O–H groups in total. The van der Waals surface area contributed by atoms with Crippen LogP contribution in [0.3, 0.4) is 0 Å². The molecular weight excluding hydrogens is 432 g/mol. The van der Waals surface area contributed by atoms with Gasteiger partial charge in [0, 0.05) is 24.4 Å². The fourth-order valence-electron chi connectivity index (χ4n) is 3.55. The van der Waals surface area contributed by atoms with E-state index in [0.29, 0.717) is 15.7 Å². The summed E-state index contributed by atoms with van der Waals surface area (Å²) in [5.41, 5.74) is 2.28. The molecule has 1 atom stereocenters. The minimum Gasteiger partial charge on any atom is -0.345 e. The van der Waals surface area contributed by atoms with E-state index in [9.17, 15) is 9.59 Å². The topological polar surface area (TPSA) is 74.3 Å². The number of benzene rings is 2. The standard InChI is InChI=1S/C23H23ClN4O2S/c1-28-12-11-18-20(14-28)31-23(26-18)27-21(29)13-19(15-7-3-2-4-8-15)25-22(30)16-9-5-6-10-17(16)24/h2-10,19H,11-14H2,1H3,(H,25,30)(H,26,27,29)/t19-/m0/s1. The number of rotatable bonds is 6. The normalized spacial score (nSPS) is 14.5. The average molecular weight is 455 g/mol. The highest BCUT2D eigenvalue weighted by Gasteiger charge is 2.23. The summed E-state index contributed by atoms with van der Waals surface area (Å²) in [6.07, 6.45) is 0.975. The molecule has 0 unspecified atom stereocenters. The van der Waals surface area contributed by atoms with Crippen molar-refractivity contribution >= 4 is 39.9 Å². The second kappa shape index (κ2) is 9.60. The number of anilines is 1. The Morgan fingerprint density at radius 1 is 1.16 bits per heavy atom. The lowest BCUT2D eigenvalue weighted by Crippen LogP contribution is -2.31. The molecule has 0 saturated carbocycles. The van der Waals surface area contributed by atoms with Crippen molar-refractivity contribution < 1.29 is 9.59 Å². The Labute approximate surface area is 190 Å². The Morgan fingerprint density at radius 3 is 2.68 bits per heavy atom. The third kappa shape index (κ3) is 5.31. The predicted molar refractivity (Wildman–Crippen MR) is 123 cm³/mol. The van der Waals surface area contributed by atoms with E-state index < -0.39 is 6.04 Å². The molecule has 2 heterocycles. The fraction of sp³-hybridized carbons (Fsp3) is 0.261. The van der Waals surface area contributed by atoms with Gasteiger partial charge in [-0.2, -0.15) is 0 Å². The first-order chi connectivity index (χ1) is 15.0. The highest BCUT2D eigenvalue weighted by atomic mass is 35.5. The van der Waals surface area contributed by atoms with E-state index in [1.54, 1.807) is 24.3 Å². The molecule has 6 nitrogen and oxygen atoms in total. The van der Waals surface area contributed by atoms with Crippen LogP contribution in [0.1, 0.15) is 39.0 Å². The Kier molecular flexibility index (Phi) is 6.65. The van der Waals surface area contributed by atoms with Gasteiger partial charge in [0.05, 0.1) is 28.7 Å². The van der Waals surface area contributed by atoms with Gasteiger partial charge in [0.2, 0.25) is 5.91 Å². The number of thiazole rings is 1. The van der Waals surface area contributed by atoms with E-state index >= 15 is 0 Å². The molecule has 0 saturated heterocycles. The molecular formula is C23H23ClN4O2S. The molecule has 0 fully saturated rings. The number of halogens is 1. The maximum Gasteiger partial charge on any atom is 0.253 e. The van der Waals surface area contributed by atoms with Gasteiger partial charge >= 0.3 is 0 Å². The van der Waals surface area contributed by atoms with Gasteiger partial charge in [-0.1, -0.05) is 54.1 Å². The third-order valence-electron chi connectivity index (χ3n) is 5.18. The molecule has 2 amide bonds. The number of aromatic nitrogens is 1. The lowest BCUT2D eigenvalue weighted by Gasteiger charge is -2.20. The second-order valence-corrected chi connectivity index (χ2v) is 9.04.